The fourth-order valence-corrected chi connectivity index (χ4v) is 7.75. The van der Waals surface area contributed by atoms with Gasteiger partial charge in [-0.1, -0.05) is 24.3 Å². The van der Waals surface area contributed by atoms with Crippen LogP contribution in [0.25, 0.3) is 43.8 Å². The summed E-state index contributed by atoms with van der Waals surface area (Å²) in [6.07, 6.45) is 6.43. The van der Waals surface area contributed by atoms with E-state index in [1.54, 1.807) is 97.6 Å². The molecule has 0 aliphatic carbocycles. The van der Waals surface area contributed by atoms with E-state index in [9.17, 15) is 27.0 Å². The fraction of sp³-hybridized carbons (Fsp3) is 0.118. The standard InChI is InChI=1S/2C17H16N2O3S.H2O/c2*18-6-8-23(21,22)17-10-13(12-1-3-15(20)4-2-12)9-14-11-19-7-5-16(14)17;/h2*1-5,7,9-11,20H,6,8,18H2;1H2. The van der Waals surface area contributed by atoms with Gasteiger partial charge in [0, 0.05) is 59.4 Å². The third-order valence-corrected chi connectivity index (χ3v) is 10.8. The average molecular weight is 675 g/mol. The van der Waals surface area contributed by atoms with Crippen LogP contribution < -0.4 is 11.5 Å². The topological polar surface area (TPSA) is 218 Å². The largest absolute Gasteiger partial charge is 0.508 e. The smallest absolute Gasteiger partial charge is 0.180 e. The van der Waals surface area contributed by atoms with Crippen LogP contribution in [0.3, 0.4) is 0 Å². The van der Waals surface area contributed by atoms with Crippen LogP contribution in [0.5, 0.6) is 11.5 Å². The molecule has 47 heavy (non-hydrogen) atoms. The molecule has 2 aromatic heterocycles. The summed E-state index contributed by atoms with van der Waals surface area (Å²) in [7, 11) is -6.96. The second-order valence-electron chi connectivity index (χ2n) is 10.5. The Balaban J connectivity index is 0.000000208. The van der Waals surface area contributed by atoms with E-state index in [2.05, 4.69) is 9.97 Å². The minimum atomic E-state index is -3.48. The number of rotatable bonds is 8. The number of aromatic hydroxyl groups is 2. The van der Waals surface area contributed by atoms with Crippen molar-refractivity contribution in [3.05, 3.63) is 110 Å². The second-order valence-corrected chi connectivity index (χ2v) is 14.6. The number of fused-ring (bicyclic) bond motifs is 2. The van der Waals surface area contributed by atoms with Gasteiger partial charge in [0.2, 0.25) is 0 Å². The van der Waals surface area contributed by atoms with Crippen LogP contribution in [0.15, 0.2) is 120 Å². The molecule has 13 heteroatoms. The lowest BCUT2D eigenvalue weighted by Crippen LogP contribution is -2.16. The molecule has 0 saturated heterocycles. The first-order valence-corrected chi connectivity index (χ1v) is 17.5. The average Bonchev–Trinajstić information content (AvgIpc) is 3.04. The summed E-state index contributed by atoms with van der Waals surface area (Å²) < 4.78 is 50.2. The molecule has 4 aromatic carbocycles. The Morgan fingerprint density at radius 2 is 0.894 bits per heavy atom. The number of benzene rings is 4. The summed E-state index contributed by atoms with van der Waals surface area (Å²) in [5, 5.41) is 21.6. The molecule has 0 radical (unpaired) electrons. The summed E-state index contributed by atoms with van der Waals surface area (Å²) in [6.45, 7) is 0.136. The lowest BCUT2D eigenvalue weighted by Gasteiger charge is -2.11. The summed E-state index contributed by atoms with van der Waals surface area (Å²) in [5.74, 6) is 0.103. The zero-order valence-corrected chi connectivity index (χ0v) is 26.7. The quantitative estimate of drug-likeness (QED) is 0.183. The molecular formula is C34H34N4O7S2. The van der Waals surface area contributed by atoms with Gasteiger partial charge in [-0.05, 0) is 82.9 Å². The maximum Gasteiger partial charge on any atom is 0.180 e. The van der Waals surface area contributed by atoms with Crippen molar-refractivity contribution in [1.82, 2.24) is 9.97 Å². The lowest BCUT2D eigenvalue weighted by atomic mass is 10.0. The van der Waals surface area contributed by atoms with Gasteiger partial charge in [-0.3, -0.25) is 9.97 Å². The number of pyridine rings is 2. The number of phenols is 2. The van der Waals surface area contributed by atoms with Crippen LogP contribution in [-0.2, 0) is 19.7 Å². The summed E-state index contributed by atoms with van der Waals surface area (Å²) in [5.41, 5.74) is 14.0. The highest BCUT2D eigenvalue weighted by Gasteiger charge is 2.20. The van der Waals surface area contributed by atoms with Gasteiger partial charge in [-0.15, -0.1) is 0 Å². The van der Waals surface area contributed by atoms with E-state index in [1.807, 2.05) is 12.1 Å². The third kappa shape index (κ3) is 7.91. The summed E-state index contributed by atoms with van der Waals surface area (Å²) in [4.78, 5) is 8.65. The number of hydrogen-bond acceptors (Lipinski definition) is 10. The van der Waals surface area contributed by atoms with Gasteiger partial charge in [0.05, 0.1) is 21.3 Å². The van der Waals surface area contributed by atoms with Gasteiger partial charge >= 0.3 is 0 Å². The van der Waals surface area contributed by atoms with Crippen LogP contribution in [0.1, 0.15) is 0 Å². The molecular weight excluding hydrogens is 641 g/mol. The molecule has 0 aliphatic rings. The van der Waals surface area contributed by atoms with Crippen molar-refractivity contribution in [3.63, 3.8) is 0 Å². The van der Waals surface area contributed by atoms with Gasteiger partial charge in [-0.25, -0.2) is 16.8 Å². The molecule has 11 nitrogen and oxygen atoms in total. The molecule has 0 fully saturated rings. The first-order valence-electron chi connectivity index (χ1n) is 14.2. The van der Waals surface area contributed by atoms with E-state index < -0.39 is 19.7 Å². The number of sulfone groups is 2. The Morgan fingerprint density at radius 3 is 1.23 bits per heavy atom. The monoisotopic (exact) mass is 674 g/mol. The Morgan fingerprint density at radius 1 is 0.532 bits per heavy atom. The predicted octanol–water partition coefficient (Wildman–Crippen LogP) is 3.85. The van der Waals surface area contributed by atoms with E-state index in [-0.39, 0.29) is 51.4 Å². The van der Waals surface area contributed by atoms with Crippen LogP contribution in [-0.4, -0.2) is 67.1 Å². The molecule has 8 N–H and O–H groups in total. The van der Waals surface area contributed by atoms with Gasteiger partial charge in [0.1, 0.15) is 11.5 Å². The number of nitrogens with zero attached hydrogens (tertiary/aromatic N) is 2. The zero-order valence-electron chi connectivity index (χ0n) is 25.1. The zero-order chi connectivity index (χ0) is 32.9. The van der Waals surface area contributed by atoms with Crippen LogP contribution in [0.4, 0.5) is 0 Å². The molecule has 0 spiro atoms. The van der Waals surface area contributed by atoms with Crippen molar-refractivity contribution in [2.45, 2.75) is 9.79 Å². The van der Waals surface area contributed by atoms with Gasteiger partial charge in [0.25, 0.3) is 0 Å². The number of hydrogen-bond donors (Lipinski definition) is 4. The van der Waals surface area contributed by atoms with E-state index in [0.29, 0.717) is 10.8 Å². The SMILES string of the molecule is NCCS(=O)(=O)c1cc(-c2ccc(O)cc2)cc2cnccc12.NCCS(=O)(=O)c1cc(-c2ccc(O)cc2)cc2cnccc12.O. The van der Waals surface area contributed by atoms with Gasteiger partial charge in [0.15, 0.2) is 19.7 Å². The Hall–Kier alpha value is -4.92. The molecule has 2 heterocycles. The minimum Gasteiger partial charge on any atom is -0.508 e. The Labute approximate surface area is 272 Å². The van der Waals surface area contributed by atoms with E-state index in [1.165, 1.54) is 0 Å². The van der Waals surface area contributed by atoms with Crippen molar-refractivity contribution in [1.29, 1.82) is 0 Å². The Kier molecular flexibility index (Phi) is 10.9. The van der Waals surface area contributed by atoms with Crippen molar-refractivity contribution >= 4 is 41.2 Å². The lowest BCUT2D eigenvalue weighted by molar-refractivity contribution is 0.475. The van der Waals surface area contributed by atoms with Crippen molar-refractivity contribution < 1.29 is 32.5 Å². The Bertz CT molecular complexity index is 2070. The number of aromatic nitrogens is 2. The normalized spacial score (nSPS) is 11.4. The molecule has 244 valence electrons. The highest BCUT2D eigenvalue weighted by Crippen LogP contribution is 2.33. The first kappa shape index (κ1) is 34.9. The van der Waals surface area contributed by atoms with Gasteiger partial charge in [-0.2, -0.15) is 0 Å². The molecule has 0 amide bonds. The molecule has 0 bridgehead atoms. The van der Waals surface area contributed by atoms with E-state index in [4.69, 9.17) is 11.5 Å². The molecule has 0 unspecified atom stereocenters. The van der Waals surface area contributed by atoms with E-state index >= 15 is 0 Å². The summed E-state index contributed by atoms with van der Waals surface area (Å²) in [6, 6.07) is 23.7. The summed E-state index contributed by atoms with van der Waals surface area (Å²) >= 11 is 0. The maximum atomic E-state index is 12.5. The van der Waals surface area contributed by atoms with Crippen LogP contribution >= 0.6 is 0 Å². The van der Waals surface area contributed by atoms with Crippen molar-refractivity contribution in [2.24, 2.45) is 11.5 Å². The van der Waals surface area contributed by atoms with Crippen LogP contribution in [0.2, 0.25) is 0 Å². The third-order valence-electron chi connectivity index (χ3n) is 7.27. The van der Waals surface area contributed by atoms with Crippen molar-refractivity contribution in [2.75, 3.05) is 24.6 Å². The van der Waals surface area contributed by atoms with Crippen molar-refractivity contribution in [3.8, 4) is 33.8 Å². The molecule has 6 aromatic rings. The highest BCUT2D eigenvalue weighted by atomic mass is 32.2. The fourth-order valence-electron chi connectivity index (χ4n) is 5.03. The molecule has 0 atom stereocenters. The number of nitrogens with two attached hydrogens (primary N) is 2. The predicted molar refractivity (Wildman–Crippen MR) is 184 cm³/mol. The maximum absolute atomic E-state index is 12.5. The minimum absolute atomic E-state index is 0. The van der Waals surface area contributed by atoms with Crippen LogP contribution in [0, 0.1) is 0 Å². The first-order chi connectivity index (χ1) is 22.0. The molecule has 0 saturated carbocycles. The molecule has 6 rings (SSSR count). The number of phenolic OH excluding ortho intramolecular Hbond substituents is 2. The van der Waals surface area contributed by atoms with E-state index in [0.717, 1.165) is 33.0 Å². The highest BCUT2D eigenvalue weighted by molar-refractivity contribution is 7.92. The van der Waals surface area contributed by atoms with Gasteiger partial charge < -0.3 is 27.2 Å². The molecule has 0 aliphatic heterocycles. The second kappa shape index (κ2) is 14.7.